The molecule has 1 aliphatic rings. The first kappa shape index (κ1) is 11.2. The van der Waals surface area contributed by atoms with Gasteiger partial charge in [-0.1, -0.05) is 11.6 Å². The Labute approximate surface area is 99.6 Å². The number of pyridine rings is 1. The average Bonchev–Trinajstić information content (AvgIpc) is 2.33. The molecule has 1 aromatic heterocycles. The molecule has 16 heavy (non-hydrogen) atoms. The second kappa shape index (κ2) is 4.29. The van der Waals surface area contributed by atoms with E-state index in [1.165, 1.54) is 0 Å². The van der Waals surface area contributed by atoms with Crippen molar-refractivity contribution in [2.24, 2.45) is 0 Å². The van der Waals surface area contributed by atoms with Crippen molar-refractivity contribution in [3.05, 3.63) is 17.3 Å². The predicted octanol–water partition coefficient (Wildman–Crippen LogP) is 2.29. The smallest absolute Gasteiger partial charge is 0.226 e. The minimum atomic E-state index is 0.0221. The monoisotopic (exact) mass is 239 g/mol. The fraction of sp³-hybridized carbons (Fsp3) is 0.455. The Morgan fingerprint density at radius 2 is 2.38 bits per heavy atom. The Bertz CT molecular complexity index is 422. The largest absolute Gasteiger partial charge is 0.352 e. The predicted molar refractivity (Wildman–Crippen MR) is 65.0 cm³/mol. The van der Waals surface area contributed by atoms with Crippen molar-refractivity contribution in [2.75, 3.05) is 16.8 Å². The van der Waals surface area contributed by atoms with E-state index in [4.69, 9.17) is 11.6 Å². The van der Waals surface area contributed by atoms with Crippen LogP contribution in [-0.2, 0) is 4.79 Å². The number of hydrogen-bond donors (Lipinski definition) is 1. The number of fused-ring (bicyclic) bond motifs is 1. The zero-order chi connectivity index (χ0) is 11.7. The van der Waals surface area contributed by atoms with Gasteiger partial charge >= 0.3 is 0 Å². The number of nitrogens with zero attached hydrogens (tertiary/aromatic N) is 2. The Morgan fingerprint density at radius 3 is 3.06 bits per heavy atom. The van der Waals surface area contributed by atoms with Crippen molar-refractivity contribution in [3.63, 3.8) is 0 Å². The highest BCUT2D eigenvalue weighted by Crippen LogP contribution is 2.30. The quantitative estimate of drug-likeness (QED) is 0.765. The van der Waals surface area contributed by atoms with Gasteiger partial charge in [0.15, 0.2) is 5.82 Å². The fourth-order valence-electron chi connectivity index (χ4n) is 1.99. The van der Waals surface area contributed by atoms with Gasteiger partial charge in [0.25, 0.3) is 0 Å². The minimum absolute atomic E-state index is 0.0221. The van der Waals surface area contributed by atoms with Crippen LogP contribution in [-0.4, -0.2) is 23.5 Å². The molecule has 5 heteroatoms. The summed E-state index contributed by atoms with van der Waals surface area (Å²) in [5.74, 6) is 0.780. The highest BCUT2D eigenvalue weighted by atomic mass is 35.5. The van der Waals surface area contributed by atoms with E-state index in [2.05, 4.69) is 15.2 Å². The summed E-state index contributed by atoms with van der Waals surface area (Å²) in [5, 5.41) is 3.29. The summed E-state index contributed by atoms with van der Waals surface area (Å²) < 4.78 is 0. The lowest BCUT2D eigenvalue weighted by atomic mass is 10.2. The van der Waals surface area contributed by atoms with Crippen LogP contribution in [0.3, 0.4) is 0 Å². The van der Waals surface area contributed by atoms with Crippen molar-refractivity contribution in [1.82, 2.24) is 4.98 Å². The summed E-state index contributed by atoms with van der Waals surface area (Å²) >= 11 is 5.89. The molecular weight excluding hydrogens is 226 g/mol. The number of carbonyl (C=O) groups is 1. The molecule has 2 rings (SSSR count). The van der Waals surface area contributed by atoms with Gasteiger partial charge in [-0.2, -0.15) is 0 Å². The zero-order valence-electron chi connectivity index (χ0n) is 9.33. The van der Waals surface area contributed by atoms with Crippen molar-refractivity contribution in [3.8, 4) is 0 Å². The van der Waals surface area contributed by atoms with Gasteiger partial charge in [0, 0.05) is 19.0 Å². The van der Waals surface area contributed by atoms with Crippen LogP contribution in [0.5, 0.6) is 0 Å². The molecule has 86 valence electrons. The third-order valence-electron chi connectivity index (χ3n) is 2.74. The van der Waals surface area contributed by atoms with E-state index in [1.54, 1.807) is 12.1 Å². The zero-order valence-corrected chi connectivity index (χ0v) is 10.1. The van der Waals surface area contributed by atoms with Crippen LogP contribution in [0.15, 0.2) is 12.1 Å². The molecule has 0 bridgehead atoms. The maximum absolute atomic E-state index is 11.6. The van der Waals surface area contributed by atoms with E-state index in [1.807, 2.05) is 13.8 Å². The number of carbonyl (C=O) groups excluding carboxylic acids is 1. The van der Waals surface area contributed by atoms with Crippen molar-refractivity contribution in [1.29, 1.82) is 0 Å². The number of hydrogen-bond acceptors (Lipinski definition) is 3. The third-order valence-corrected chi connectivity index (χ3v) is 2.95. The van der Waals surface area contributed by atoms with E-state index in [-0.39, 0.29) is 11.9 Å². The van der Waals surface area contributed by atoms with Crippen molar-refractivity contribution >= 4 is 29.0 Å². The van der Waals surface area contributed by atoms with Crippen molar-refractivity contribution < 1.29 is 4.79 Å². The molecule has 1 aliphatic heterocycles. The first-order valence-electron chi connectivity index (χ1n) is 5.35. The van der Waals surface area contributed by atoms with Crippen LogP contribution in [0.4, 0.5) is 11.5 Å². The van der Waals surface area contributed by atoms with Gasteiger partial charge in [-0.3, -0.25) is 4.79 Å². The number of rotatable bonds is 1. The molecule has 1 atom stereocenters. The molecule has 0 saturated heterocycles. The summed E-state index contributed by atoms with van der Waals surface area (Å²) in [6, 6.07) is 3.62. The Hall–Kier alpha value is -1.29. The lowest BCUT2D eigenvalue weighted by molar-refractivity contribution is -0.116. The summed E-state index contributed by atoms with van der Waals surface area (Å²) in [4.78, 5) is 18.0. The first-order chi connectivity index (χ1) is 7.61. The topological polar surface area (TPSA) is 45.2 Å². The number of halogens is 1. The summed E-state index contributed by atoms with van der Waals surface area (Å²) in [5.41, 5.74) is 0.737. The SMILES string of the molecule is CCN1c2nc(Cl)ccc2NC(=O)CC1C. The number of nitrogens with one attached hydrogen (secondary N) is 1. The van der Waals surface area contributed by atoms with Gasteiger partial charge in [-0.25, -0.2) is 4.98 Å². The molecule has 1 unspecified atom stereocenters. The lowest BCUT2D eigenvalue weighted by Crippen LogP contribution is -2.33. The van der Waals surface area contributed by atoms with Crippen LogP contribution in [0.2, 0.25) is 5.15 Å². The van der Waals surface area contributed by atoms with Gasteiger partial charge in [0.1, 0.15) is 5.15 Å². The van der Waals surface area contributed by atoms with Gasteiger partial charge in [-0.05, 0) is 26.0 Å². The first-order valence-corrected chi connectivity index (χ1v) is 5.72. The second-order valence-electron chi connectivity index (χ2n) is 3.89. The molecule has 1 aromatic rings. The van der Waals surface area contributed by atoms with Gasteiger partial charge in [-0.15, -0.1) is 0 Å². The number of aromatic nitrogens is 1. The van der Waals surface area contributed by atoms with Crippen molar-refractivity contribution in [2.45, 2.75) is 26.3 Å². The molecule has 0 fully saturated rings. The molecule has 2 heterocycles. The van der Waals surface area contributed by atoms with E-state index in [0.29, 0.717) is 11.6 Å². The molecule has 0 radical (unpaired) electrons. The molecular formula is C11H14ClN3O. The summed E-state index contributed by atoms with van der Waals surface area (Å²) in [6.07, 6.45) is 0.474. The van der Waals surface area contributed by atoms with Gasteiger partial charge in [0.05, 0.1) is 5.69 Å². The van der Waals surface area contributed by atoms with E-state index < -0.39 is 0 Å². The maximum Gasteiger partial charge on any atom is 0.226 e. The van der Waals surface area contributed by atoms with Crippen LogP contribution in [0.1, 0.15) is 20.3 Å². The Balaban J connectivity index is 2.50. The molecule has 4 nitrogen and oxygen atoms in total. The van der Waals surface area contributed by atoms with Crippen LogP contribution in [0, 0.1) is 0 Å². The molecule has 0 aromatic carbocycles. The highest BCUT2D eigenvalue weighted by molar-refractivity contribution is 6.29. The van der Waals surface area contributed by atoms with Gasteiger partial charge < -0.3 is 10.2 Å². The summed E-state index contributed by atoms with van der Waals surface area (Å²) in [6.45, 7) is 4.86. The standard InChI is InChI=1S/C11H14ClN3O/c1-3-15-7(2)6-10(16)13-8-4-5-9(12)14-11(8)15/h4-5,7H,3,6H2,1-2H3,(H,13,16). The average molecular weight is 240 g/mol. The number of amides is 1. The van der Waals surface area contributed by atoms with E-state index in [0.717, 1.165) is 18.1 Å². The second-order valence-corrected chi connectivity index (χ2v) is 4.28. The molecule has 0 saturated carbocycles. The molecule has 0 spiro atoms. The maximum atomic E-state index is 11.6. The minimum Gasteiger partial charge on any atom is -0.352 e. The summed E-state index contributed by atoms with van der Waals surface area (Å²) in [7, 11) is 0. The number of anilines is 2. The van der Waals surface area contributed by atoms with Gasteiger partial charge in [0.2, 0.25) is 5.91 Å². The molecule has 1 N–H and O–H groups in total. The van der Waals surface area contributed by atoms with E-state index >= 15 is 0 Å². The third kappa shape index (κ3) is 1.97. The molecule has 0 aliphatic carbocycles. The Morgan fingerprint density at radius 1 is 1.62 bits per heavy atom. The highest BCUT2D eigenvalue weighted by Gasteiger charge is 2.25. The van der Waals surface area contributed by atoms with Crippen LogP contribution in [0.25, 0.3) is 0 Å². The fourth-order valence-corrected chi connectivity index (χ4v) is 2.13. The Kier molecular flexibility index (Phi) is 3.01. The van der Waals surface area contributed by atoms with Crippen LogP contribution >= 0.6 is 11.6 Å². The van der Waals surface area contributed by atoms with Crippen LogP contribution < -0.4 is 10.2 Å². The normalized spacial score (nSPS) is 20.1. The molecule has 1 amide bonds. The lowest BCUT2D eigenvalue weighted by Gasteiger charge is -2.27. The van der Waals surface area contributed by atoms with E-state index in [9.17, 15) is 4.79 Å².